The van der Waals surface area contributed by atoms with Gasteiger partial charge >= 0.3 is 0 Å². The van der Waals surface area contributed by atoms with E-state index in [4.69, 9.17) is 0 Å². The molecule has 1 aliphatic carbocycles. The summed E-state index contributed by atoms with van der Waals surface area (Å²) in [7, 11) is 0. The first-order valence-corrected chi connectivity index (χ1v) is 6.60. The molecule has 3 heteroatoms. The van der Waals surface area contributed by atoms with Crippen molar-refractivity contribution in [1.82, 2.24) is 4.57 Å². The predicted molar refractivity (Wildman–Crippen MR) is 70.1 cm³/mol. The molecule has 0 amide bonds. The zero-order chi connectivity index (χ0) is 12.7. The molecule has 1 fully saturated rings. The summed E-state index contributed by atoms with van der Waals surface area (Å²) in [5.74, 6) is -0.178. The quantitative estimate of drug-likeness (QED) is 0.819. The minimum atomic E-state index is -0.178. The van der Waals surface area contributed by atoms with Crippen LogP contribution < -0.4 is 0 Å². The number of fused-ring (bicyclic) bond motifs is 1. The van der Waals surface area contributed by atoms with Crippen LogP contribution in [0.2, 0.25) is 0 Å². The van der Waals surface area contributed by atoms with Gasteiger partial charge in [-0.25, -0.2) is 4.39 Å². The maximum absolute atomic E-state index is 13.3. The van der Waals surface area contributed by atoms with E-state index in [9.17, 15) is 9.50 Å². The van der Waals surface area contributed by atoms with Crippen LogP contribution in [0.15, 0.2) is 24.4 Å². The Balaban J connectivity index is 2.02. The van der Waals surface area contributed by atoms with Gasteiger partial charge in [-0.15, -0.1) is 0 Å². The molecule has 1 N–H and O–H groups in total. The second-order valence-corrected chi connectivity index (χ2v) is 5.34. The zero-order valence-electron chi connectivity index (χ0n) is 10.6. The van der Waals surface area contributed by atoms with Gasteiger partial charge in [-0.05, 0) is 56.4 Å². The SMILES string of the molecule is Cc1cn(C2CCC(O)CC2)c2ccc(F)cc12. The Morgan fingerprint density at radius 2 is 1.94 bits per heavy atom. The van der Waals surface area contributed by atoms with Gasteiger partial charge in [0.15, 0.2) is 0 Å². The highest BCUT2D eigenvalue weighted by atomic mass is 19.1. The van der Waals surface area contributed by atoms with Crippen molar-refractivity contribution < 1.29 is 9.50 Å². The van der Waals surface area contributed by atoms with E-state index >= 15 is 0 Å². The Kier molecular flexibility index (Phi) is 2.86. The molecule has 0 spiro atoms. The number of nitrogens with zero attached hydrogens (tertiary/aromatic N) is 1. The second-order valence-electron chi connectivity index (χ2n) is 5.34. The minimum Gasteiger partial charge on any atom is -0.393 e. The fraction of sp³-hybridized carbons (Fsp3) is 0.467. The normalized spacial score (nSPS) is 24.6. The van der Waals surface area contributed by atoms with Crippen LogP contribution in [0.3, 0.4) is 0 Å². The molecule has 0 aliphatic heterocycles. The maximum Gasteiger partial charge on any atom is 0.123 e. The van der Waals surface area contributed by atoms with E-state index in [1.807, 2.05) is 13.0 Å². The number of aryl methyl sites for hydroxylation is 1. The summed E-state index contributed by atoms with van der Waals surface area (Å²) in [6.07, 6.45) is 5.71. The smallest absolute Gasteiger partial charge is 0.123 e. The molecule has 1 aromatic carbocycles. The zero-order valence-corrected chi connectivity index (χ0v) is 10.6. The summed E-state index contributed by atoms with van der Waals surface area (Å²) in [4.78, 5) is 0. The van der Waals surface area contributed by atoms with Crippen LogP contribution >= 0.6 is 0 Å². The minimum absolute atomic E-state index is 0.137. The molecule has 0 bridgehead atoms. The third-order valence-corrected chi connectivity index (χ3v) is 4.05. The number of halogens is 1. The van der Waals surface area contributed by atoms with Crippen molar-refractivity contribution in [1.29, 1.82) is 0 Å². The molecule has 0 radical (unpaired) electrons. The van der Waals surface area contributed by atoms with Crippen molar-refractivity contribution >= 4 is 10.9 Å². The van der Waals surface area contributed by atoms with Gasteiger partial charge in [-0.2, -0.15) is 0 Å². The van der Waals surface area contributed by atoms with Crippen molar-refractivity contribution in [3.8, 4) is 0 Å². The molecule has 96 valence electrons. The largest absolute Gasteiger partial charge is 0.393 e. The molecule has 3 rings (SSSR count). The third kappa shape index (κ3) is 1.93. The number of hydrogen-bond donors (Lipinski definition) is 1. The number of benzene rings is 1. The van der Waals surface area contributed by atoms with Gasteiger partial charge in [-0.1, -0.05) is 0 Å². The highest BCUT2D eigenvalue weighted by Gasteiger charge is 2.22. The highest BCUT2D eigenvalue weighted by Crippen LogP contribution is 2.33. The van der Waals surface area contributed by atoms with E-state index in [0.717, 1.165) is 42.1 Å². The first-order valence-electron chi connectivity index (χ1n) is 6.60. The lowest BCUT2D eigenvalue weighted by Gasteiger charge is -2.27. The van der Waals surface area contributed by atoms with Crippen molar-refractivity contribution in [3.63, 3.8) is 0 Å². The summed E-state index contributed by atoms with van der Waals surface area (Å²) >= 11 is 0. The molecule has 1 saturated carbocycles. The number of aliphatic hydroxyl groups excluding tert-OH is 1. The van der Waals surface area contributed by atoms with E-state index < -0.39 is 0 Å². The van der Waals surface area contributed by atoms with E-state index in [1.165, 1.54) is 6.07 Å². The maximum atomic E-state index is 13.3. The first kappa shape index (κ1) is 11.7. The standard InChI is InChI=1S/C15H18FNO/c1-10-9-17(12-3-5-13(18)6-4-12)15-7-2-11(16)8-14(10)15/h2,7-9,12-13,18H,3-6H2,1H3. The van der Waals surface area contributed by atoms with Crippen molar-refractivity contribution in [2.75, 3.05) is 0 Å². The van der Waals surface area contributed by atoms with E-state index in [-0.39, 0.29) is 11.9 Å². The van der Waals surface area contributed by atoms with Crippen molar-refractivity contribution in [2.24, 2.45) is 0 Å². The third-order valence-electron chi connectivity index (χ3n) is 4.05. The van der Waals surface area contributed by atoms with Gasteiger partial charge in [0.2, 0.25) is 0 Å². The van der Waals surface area contributed by atoms with Crippen LogP contribution in [-0.4, -0.2) is 15.8 Å². The molecule has 18 heavy (non-hydrogen) atoms. The second kappa shape index (κ2) is 4.39. The van der Waals surface area contributed by atoms with Crippen LogP contribution in [0.25, 0.3) is 10.9 Å². The van der Waals surface area contributed by atoms with Crippen LogP contribution in [0.1, 0.15) is 37.3 Å². The van der Waals surface area contributed by atoms with E-state index in [2.05, 4.69) is 10.8 Å². The first-order chi connectivity index (χ1) is 8.65. The topological polar surface area (TPSA) is 25.2 Å². The highest BCUT2D eigenvalue weighted by molar-refractivity contribution is 5.83. The van der Waals surface area contributed by atoms with Gasteiger partial charge in [0.1, 0.15) is 5.82 Å². The lowest BCUT2D eigenvalue weighted by atomic mass is 9.93. The monoisotopic (exact) mass is 247 g/mol. The van der Waals surface area contributed by atoms with Gasteiger partial charge in [0, 0.05) is 23.1 Å². The van der Waals surface area contributed by atoms with Gasteiger partial charge in [0.25, 0.3) is 0 Å². The van der Waals surface area contributed by atoms with Crippen LogP contribution in [0.4, 0.5) is 4.39 Å². The number of aliphatic hydroxyl groups is 1. The molecular weight excluding hydrogens is 229 g/mol. The molecule has 1 aliphatic rings. The van der Waals surface area contributed by atoms with Crippen LogP contribution in [-0.2, 0) is 0 Å². The Hall–Kier alpha value is -1.35. The summed E-state index contributed by atoms with van der Waals surface area (Å²) < 4.78 is 15.5. The van der Waals surface area contributed by atoms with Crippen LogP contribution in [0, 0.1) is 12.7 Å². The molecule has 1 heterocycles. The molecule has 0 unspecified atom stereocenters. The fourth-order valence-electron chi connectivity index (χ4n) is 3.04. The average molecular weight is 247 g/mol. The van der Waals surface area contributed by atoms with Gasteiger partial charge < -0.3 is 9.67 Å². The lowest BCUT2D eigenvalue weighted by molar-refractivity contribution is 0.111. The van der Waals surface area contributed by atoms with E-state index in [0.29, 0.717) is 6.04 Å². The summed E-state index contributed by atoms with van der Waals surface area (Å²) in [5.41, 5.74) is 2.23. The number of aromatic nitrogens is 1. The average Bonchev–Trinajstić information content (AvgIpc) is 2.68. The summed E-state index contributed by atoms with van der Waals surface area (Å²) in [6, 6.07) is 5.44. The van der Waals surface area contributed by atoms with Crippen molar-refractivity contribution in [2.45, 2.75) is 44.8 Å². The number of hydrogen-bond acceptors (Lipinski definition) is 1. The molecule has 0 atom stereocenters. The molecular formula is C15H18FNO. The predicted octanol–water partition coefficient (Wildman–Crippen LogP) is 3.56. The van der Waals surface area contributed by atoms with Crippen molar-refractivity contribution in [3.05, 3.63) is 35.8 Å². The fourth-order valence-corrected chi connectivity index (χ4v) is 3.04. The summed E-state index contributed by atoms with van der Waals surface area (Å²) in [6.45, 7) is 2.02. The Bertz CT molecular complexity index is 567. The Labute approximate surface area is 106 Å². The van der Waals surface area contributed by atoms with Gasteiger partial charge in [0.05, 0.1) is 6.10 Å². The molecule has 0 saturated heterocycles. The van der Waals surface area contributed by atoms with Crippen LogP contribution in [0.5, 0.6) is 0 Å². The molecule has 1 aromatic heterocycles. The summed E-state index contributed by atoms with van der Waals surface area (Å²) in [5, 5.41) is 10.6. The van der Waals surface area contributed by atoms with E-state index in [1.54, 1.807) is 6.07 Å². The number of rotatable bonds is 1. The lowest BCUT2D eigenvalue weighted by Crippen LogP contribution is -2.20. The Morgan fingerprint density at radius 1 is 1.22 bits per heavy atom. The Morgan fingerprint density at radius 3 is 2.67 bits per heavy atom. The van der Waals surface area contributed by atoms with Gasteiger partial charge in [-0.3, -0.25) is 0 Å². The molecule has 2 aromatic rings. The molecule has 2 nitrogen and oxygen atoms in total.